The van der Waals surface area contributed by atoms with E-state index in [-0.39, 0.29) is 6.10 Å². The van der Waals surface area contributed by atoms with Gasteiger partial charge in [-0.2, -0.15) is 0 Å². The van der Waals surface area contributed by atoms with Gasteiger partial charge in [0.1, 0.15) is 5.75 Å². The maximum atomic E-state index is 5.59. The van der Waals surface area contributed by atoms with Crippen molar-refractivity contribution < 1.29 is 4.74 Å². The molecule has 0 bridgehead atoms. The lowest BCUT2D eigenvalue weighted by atomic mass is 10.0. The van der Waals surface area contributed by atoms with Crippen LogP contribution in [0.4, 0.5) is 0 Å². The van der Waals surface area contributed by atoms with Crippen LogP contribution < -0.4 is 10.5 Å². The first-order valence-electron chi connectivity index (χ1n) is 5.10. The predicted molar refractivity (Wildman–Crippen MR) is 59.7 cm³/mol. The largest absolute Gasteiger partial charge is 0.491 e. The minimum atomic E-state index is 0.229. The van der Waals surface area contributed by atoms with Crippen LogP contribution >= 0.6 is 0 Å². The molecule has 1 unspecified atom stereocenters. The molecule has 0 radical (unpaired) electrons. The number of hydrogen-bond donors (Lipinski definition) is 1. The summed E-state index contributed by atoms with van der Waals surface area (Å²) in [5, 5.41) is 0. The van der Waals surface area contributed by atoms with Gasteiger partial charge in [-0.05, 0) is 44.0 Å². The Labute approximate surface area is 86.1 Å². The lowest BCUT2D eigenvalue weighted by molar-refractivity contribution is 0.242. The van der Waals surface area contributed by atoms with Crippen molar-refractivity contribution in [3.63, 3.8) is 0 Å². The van der Waals surface area contributed by atoms with E-state index in [0.29, 0.717) is 12.5 Å². The first kappa shape index (κ1) is 11.1. The van der Waals surface area contributed by atoms with Gasteiger partial charge in [-0.15, -0.1) is 0 Å². The highest BCUT2D eigenvalue weighted by Gasteiger charge is 2.03. The fourth-order valence-electron chi connectivity index (χ4n) is 1.28. The Morgan fingerprint density at radius 1 is 1.14 bits per heavy atom. The van der Waals surface area contributed by atoms with Gasteiger partial charge in [0.15, 0.2) is 0 Å². The van der Waals surface area contributed by atoms with Crippen LogP contribution in [0.2, 0.25) is 0 Å². The molecule has 0 saturated heterocycles. The van der Waals surface area contributed by atoms with Gasteiger partial charge in [-0.3, -0.25) is 0 Å². The summed E-state index contributed by atoms with van der Waals surface area (Å²) in [7, 11) is 0. The highest BCUT2D eigenvalue weighted by molar-refractivity contribution is 5.29. The number of benzene rings is 1. The highest BCUT2D eigenvalue weighted by atomic mass is 16.5. The summed E-state index contributed by atoms with van der Waals surface area (Å²) in [5.74, 6) is 1.34. The van der Waals surface area contributed by atoms with E-state index < -0.39 is 0 Å². The van der Waals surface area contributed by atoms with E-state index >= 15 is 0 Å². The van der Waals surface area contributed by atoms with Crippen molar-refractivity contribution in [2.75, 3.05) is 6.54 Å². The van der Waals surface area contributed by atoms with E-state index in [9.17, 15) is 0 Å². The normalized spacial score (nSPS) is 12.9. The summed E-state index contributed by atoms with van der Waals surface area (Å²) in [6.45, 7) is 6.86. The van der Waals surface area contributed by atoms with E-state index in [1.165, 1.54) is 5.56 Å². The summed E-state index contributed by atoms with van der Waals surface area (Å²) >= 11 is 0. The van der Waals surface area contributed by atoms with Gasteiger partial charge in [-0.1, -0.05) is 19.1 Å². The summed E-state index contributed by atoms with van der Waals surface area (Å²) in [6, 6.07) is 8.16. The molecule has 0 aliphatic heterocycles. The summed E-state index contributed by atoms with van der Waals surface area (Å²) in [6.07, 6.45) is 0.229. The molecule has 0 aliphatic rings. The first-order chi connectivity index (χ1) is 6.63. The minimum absolute atomic E-state index is 0.229. The summed E-state index contributed by atoms with van der Waals surface area (Å²) < 4.78 is 5.55. The molecule has 1 atom stereocenters. The van der Waals surface area contributed by atoms with E-state index in [0.717, 1.165) is 5.75 Å². The molecule has 1 aromatic rings. The van der Waals surface area contributed by atoms with E-state index in [2.05, 4.69) is 19.1 Å². The van der Waals surface area contributed by atoms with Crippen LogP contribution in [0.5, 0.6) is 5.75 Å². The quantitative estimate of drug-likeness (QED) is 0.797. The van der Waals surface area contributed by atoms with Crippen molar-refractivity contribution in [1.82, 2.24) is 0 Å². The van der Waals surface area contributed by atoms with Crippen molar-refractivity contribution in [1.29, 1.82) is 0 Å². The molecule has 2 heteroatoms. The zero-order chi connectivity index (χ0) is 10.6. The average molecular weight is 193 g/mol. The monoisotopic (exact) mass is 193 g/mol. The van der Waals surface area contributed by atoms with Crippen LogP contribution in [0.15, 0.2) is 24.3 Å². The lowest BCUT2D eigenvalue weighted by Crippen LogP contribution is -2.09. The maximum Gasteiger partial charge on any atom is 0.119 e. The minimum Gasteiger partial charge on any atom is -0.491 e. The Morgan fingerprint density at radius 3 is 2.14 bits per heavy atom. The molecule has 0 aromatic heterocycles. The Balaban J connectivity index is 2.68. The number of rotatable bonds is 4. The second kappa shape index (κ2) is 5.01. The highest BCUT2D eigenvalue weighted by Crippen LogP contribution is 2.18. The average Bonchev–Trinajstić information content (AvgIpc) is 2.17. The van der Waals surface area contributed by atoms with Crippen molar-refractivity contribution in [3.05, 3.63) is 29.8 Å². The number of nitrogens with two attached hydrogens (primary N) is 1. The second-order valence-corrected chi connectivity index (χ2v) is 3.87. The van der Waals surface area contributed by atoms with Crippen molar-refractivity contribution in [3.8, 4) is 5.75 Å². The molecule has 0 saturated carbocycles. The Hall–Kier alpha value is -1.02. The van der Waals surface area contributed by atoms with Crippen LogP contribution in [0.3, 0.4) is 0 Å². The van der Waals surface area contributed by atoms with Crippen molar-refractivity contribution in [2.45, 2.75) is 32.8 Å². The Kier molecular flexibility index (Phi) is 3.96. The third kappa shape index (κ3) is 3.04. The van der Waals surface area contributed by atoms with Gasteiger partial charge in [-0.25, -0.2) is 0 Å². The second-order valence-electron chi connectivity index (χ2n) is 3.87. The van der Waals surface area contributed by atoms with Crippen molar-refractivity contribution in [2.24, 2.45) is 5.73 Å². The smallest absolute Gasteiger partial charge is 0.119 e. The molecule has 1 rings (SSSR count). The summed E-state index contributed by atoms with van der Waals surface area (Å²) in [4.78, 5) is 0. The molecule has 0 amide bonds. The van der Waals surface area contributed by atoms with Crippen LogP contribution in [0.25, 0.3) is 0 Å². The Morgan fingerprint density at radius 2 is 1.71 bits per heavy atom. The molecule has 0 heterocycles. The van der Waals surface area contributed by atoms with Crippen LogP contribution in [0.1, 0.15) is 32.3 Å². The van der Waals surface area contributed by atoms with Gasteiger partial charge >= 0.3 is 0 Å². The maximum absolute atomic E-state index is 5.59. The van der Waals surface area contributed by atoms with Gasteiger partial charge in [0.25, 0.3) is 0 Å². The number of ether oxygens (including phenoxy) is 1. The van der Waals surface area contributed by atoms with Crippen LogP contribution in [0, 0.1) is 0 Å². The zero-order valence-corrected chi connectivity index (χ0v) is 9.16. The Bertz CT molecular complexity index is 266. The molecule has 2 nitrogen and oxygen atoms in total. The molecule has 78 valence electrons. The third-order valence-electron chi connectivity index (χ3n) is 2.17. The summed E-state index contributed by atoms with van der Waals surface area (Å²) in [5.41, 5.74) is 6.86. The van der Waals surface area contributed by atoms with Crippen molar-refractivity contribution >= 4 is 0 Å². The SMILES string of the molecule is CC(C)Oc1ccc(C(C)CN)cc1. The van der Waals surface area contributed by atoms with Gasteiger partial charge in [0, 0.05) is 0 Å². The molecular formula is C12H19NO. The molecule has 0 spiro atoms. The van der Waals surface area contributed by atoms with Gasteiger partial charge in [0.2, 0.25) is 0 Å². The first-order valence-corrected chi connectivity index (χ1v) is 5.10. The van der Waals surface area contributed by atoms with Gasteiger partial charge in [0.05, 0.1) is 6.10 Å². The lowest BCUT2D eigenvalue weighted by Gasteiger charge is -2.12. The predicted octanol–water partition coefficient (Wildman–Crippen LogP) is 2.54. The number of hydrogen-bond acceptors (Lipinski definition) is 2. The standard InChI is InChI=1S/C12H19NO/c1-9(2)14-12-6-4-11(5-7-12)10(3)8-13/h4-7,9-10H,8,13H2,1-3H3. The van der Waals surface area contributed by atoms with E-state index in [1.54, 1.807) is 0 Å². The topological polar surface area (TPSA) is 35.2 Å². The van der Waals surface area contributed by atoms with Gasteiger partial charge < -0.3 is 10.5 Å². The molecule has 0 aliphatic carbocycles. The van der Waals surface area contributed by atoms with E-state index in [4.69, 9.17) is 10.5 Å². The molecular weight excluding hydrogens is 174 g/mol. The zero-order valence-electron chi connectivity index (χ0n) is 9.16. The fraction of sp³-hybridized carbons (Fsp3) is 0.500. The third-order valence-corrected chi connectivity index (χ3v) is 2.17. The molecule has 1 aromatic carbocycles. The fourth-order valence-corrected chi connectivity index (χ4v) is 1.28. The van der Waals surface area contributed by atoms with Crippen LogP contribution in [-0.2, 0) is 0 Å². The molecule has 2 N–H and O–H groups in total. The molecule has 0 fully saturated rings. The molecule has 14 heavy (non-hydrogen) atoms. The van der Waals surface area contributed by atoms with E-state index in [1.807, 2.05) is 26.0 Å². The van der Waals surface area contributed by atoms with Crippen LogP contribution in [-0.4, -0.2) is 12.6 Å².